The second-order valence-electron chi connectivity index (χ2n) is 23.9. The Balaban J connectivity index is 3.46. The first-order valence-corrected chi connectivity index (χ1v) is 36.1. The third kappa shape index (κ3) is 70.8. The van der Waals surface area contributed by atoms with Gasteiger partial charge in [-0.3, -0.25) is 9.59 Å². The second kappa shape index (κ2) is 73.6. The first kappa shape index (κ1) is 80.3. The summed E-state index contributed by atoms with van der Waals surface area (Å²) in [6.45, 7) is 4.04. The maximum atomic E-state index is 12.4. The molecule has 0 aromatic carbocycles. The molecule has 0 fully saturated rings. The average molecular weight is 1170 g/mol. The van der Waals surface area contributed by atoms with Crippen molar-refractivity contribution in [3.05, 3.63) is 122 Å². The normalized spacial score (nSPS) is 12.9. The predicted molar refractivity (Wildman–Crippen MR) is 371 cm³/mol. The Morgan fingerprint density at radius 1 is 0.286 bits per heavy atom. The summed E-state index contributed by atoms with van der Waals surface area (Å²) in [5, 5.41) is 9.71. The number of hydrogen-bond donors (Lipinski definition) is 1. The number of carbonyl (C=O) groups is 2. The van der Waals surface area contributed by atoms with E-state index in [0.717, 1.165) is 103 Å². The number of aliphatic hydroxyl groups excluding tert-OH is 1. The van der Waals surface area contributed by atoms with Crippen LogP contribution in [0.15, 0.2) is 122 Å². The fourth-order valence-electron chi connectivity index (χ4n) is 10.4. The third-order valence-corrected chi connectivity index (χ3v) is 15.7. The molecular weight excluding hydrogens is 1030 g/mol. The van der Waals surface area contributed by atoms with Crippen LogP contribution in [0, 0.1) is 0 Å². The van der Waals surface area contributed by atoms with Gasteiger partial charge in [0.05, 0.1) is 6.61 Å². The Kier molecular flexibility index (Phi) is 70.3. The van der Waals surface area contributed by atoms with E-state index in [-0.39, 0.29) is 25.2 Å². The van der Waals surface area contributed by atoms with Crippen molar-refractivity contribution >= 4 is 11.9 Å². The minimum absolute atomic E-state index is 0.0708. The lowest BCUT2D eigenvalue weighted by Gasteiger charge is -2.15. The van der Waals surface area contributed by atoms with E-state index in [1.165, 1.54) is 218 Å². The maximum Gasteiger partial charge on any atom is 0.306 e. The topological polar surface area (TPSA) is 72.8 Å². The van der Waals surface area contributed by atoms with Gasteiger partial charge in [-0.15, -0.1) is 0 Å². The number of carbonyl (C=O) groups excluding carboxylic acids is 2. The van der Waals surface area contributed by atoms with Gasteiger partial charge in [0, 0.05) is 12.8 Å². The lowest BCUT2D eigenvalue weighted by molar-refractivity contribution is -0.161. The average Bonchev–Trinajstić information content (AvgIpc) is 3.51. The molecule has 0 radical (unpaired) electrons. The summed E-state index contributed by atoms with van der Waals surface area (Å²) in [6.07, 6.45) is 108. The zero-order chi connectivity index (χ0) is 60.5. The van der Waals surface area contributed by atoms with Crippen molar-refractivity contribution in [3.63, 3.8) is 0 Å². The molecule has 0 aliphatic carbocycles. The second-order valence-corrected chi connectivity index (χ2v) is 23.9. The van der Waals surface area contributed by atoms with Crippen LogP contribution < -0.4 is 0 Å². The third-order valence-electron chi connectivity index (χ3n) is 15.7. The van der Waals surface area contributed by atoms with Crippen molar-refractivity contribution in [2.45, 2.75) is 354 Å². The predicted octanol–water partition coefficient (Wildman–Crippen LogP) is 25.3. The summed E-state index contributed by atoms with van der Waals surface area (Å²) in [7, 11) is 0. The lowest BCUT2D eigenvalue weighted by Crippen LogP contribution is -2.28. The van der Waals surface area contributed by atoms with Gasteiger partial charge in [0.15, 0.2) is 6.10 Å². The van der Waals surface area contributed by atoms with E-state index in [1.54, 1.807) is 0 Å². The van der Waals surface area contributed by atoms with Crippen molar-refractivity contribution in [2.75, 3.05) is 13.2 Å². The van der Waals surface area contributed by atoms with Crippen LogP contribution >= 0.6 is 0 Å². The van der Waals surface area contributed by atoms with Crippen LogP contribution in [-0.4, -0.2) is 36.4 Å². The van der Waals surface area contributed by atoms with Crippen LogP contribution in [0.3, 0.4) is 0 Å². The Bertz CT molecular complexity index is 1650. The minimum atomic E-state index is -0.783. The molecule has 482 valence electrons. The smallest absolute Gasteiger partial charge is 0.306 e. The van der Waals surface area contributed by atoms with E-state index >= 15 is 0 Å². The van der Waals surface area contributed by atoms with Crippen LogP contribution in [0.2, 0.25) is 0 Å². The first-order chi connectivity index (χ1) is 41.6. The number of aliphatic hydroxyl groups is 1. The molecule has 5 nitrogen and oxygen atoms in total. The number of esters is 2. The van der Waals surface area contributed by atoms with Crippen LogP contribution in [0.5, 0.6) is 0 Å². The van der Waals surface area contributed by atoms with E-state index in [4.69, 9.17) is 9.47 Å². The van der Waals surface area contributed by atoms with Gasteiger partial charge >= 0.3 is 11.9 Å². The van der Waals surface area contributed by atoms with Gasteiger partial charge < -0.3 is 14.6 Å². The minimum Gasteiger partial charge on any atom is -0.462 e. The molecule has 1 N–H and O–H groups in total. The van der Waals surface area contributed by atoms with Gasteiger partial charge in [-0.2, -0.15) is 0 Å². The van der Waals surface area contributed by atoms with E-state index in [9.17, 15) is 14.7 Å². The molecule has 0 amide bonds. The van der Waals surface area contributed by atoms with Crippen molar-refractivity contribution < 1.29 is 24.2 Å². The van der Waals surface area contributed by atoms with E-state index in [1.807, 2.05) is 0 Å². The molecule has 0 saturated carbocycles. The molecule has 0 aromatic rings. The number of unbranched alkanes of at least 4 members (excludes halogenated alkanes) is 38. The van der Waals surface area contributed by atoms with Crippen molar-refractivity contribution in [1.82, 2.24) is 0 Å². The molecule has 0 rings (SSSR count). The van der Waals surface area contributed by atoms with E-state index < -0.39 is 6.10 Å². The van der Waals surface area contributed by atoms with Crippen LogP contribution in [0.4, 0.5) is 0 Å². The molecule has 1 atom stereocenters. The summed E-state index contributed by atoms with van der Waals surface area (Å²) in [6, 6.07) is 0. The highest BCUT2D eigenvalue weighted by atomic mass is 16.6. The van der Waals surface area contributed by atoms with Gasteiger partial charge in [0.25, 0.3) is 0 Å². The fourth-order valence-corrected chi connectivity index (χ4v) is 10.4. The molecule has 0 aliphatic heterocycles. The fraction of sp³-hybridized carbons (Fsp3) is 0.722. The molecule has 5 heteroatoms. The lowest BCUT2D eigenvalue weighted by atomic mass is 10.0. The van der Waals surface area contributed by atoms with Crippen LogP contribution in [-0.2, 0) is 19.1 Å². The maximum absolute atomic E-state index is 12.4. The number of rotatable bonds is 66. The first-order valence-electron chi connectivity index (χ1n) is 36.1. The largest absolute Gasteiger partial charge is 0.462 e. The van der Waals surface area contributed by atoms with Gasteiger partial charge in [0.2, 0.25) is 0 Å². The van der Waals surface area contributed by atoms with Crippen molar-refractivity contribution in [1.29, 1.82) is 0 Å². The molecule has 1 unspecified atom stereocenters. The van der Waals surface area contributed by atoms with Gasteiger partial charge in [0.1, 0.15) is 6.61 Å². The van der Waals surface area contributed by atoms with Gasteiger partial charge in [-0.25, -0.2) is 0 Å². The Morgan fingerprint density at radius 3 is 0.774 bits per heavy atom. The Labute approximate surface area is 522 Å². The summed E-state index contributed by atoms with van der Waals surface area (Å²) in [4.78, 5) is 24.7. The summed E-state index contributed by atoms with van der Waals surface area (Å²) in [5.41, 5.74) is 0. The number of ether oxygens (including phenoxy) is 2. The number of allylic oxidation sites excluding steroid dienone is 20. The highest BCUT2D eigenvalue weighted by Gasteiger charge is 2.16. The molecular formula is C79H136O5. The highest BCUT2D eigenvalue weighted by molar-refractivity contribution is 5.70. The molecule has 0 saturated heterocycles. The molecule has 0 aromatic heterocycles. The monoisotopic (exact) mass is 1170 g/mol. The van der Waals surface area contributed by atoms with Gasteiger partial charge in [-0.1, -0.05) is 347 Å². The van der Waals surface area contributed by atoms with Crippen LogP contribution in [0.25, 0.3) is 0 Å². The Morgan fingerprint density at radius 2 is 0.512 bits per heavy atom. The summed E-state index contributed by atoms with van der Waals surface area (Å²) in [5.74, 6) is -0.590. The molecule has 0 spiro atoms. The zero-order valence-corrected chi connectivity index (χ0v) is 55.4. The standard InChI is InChI=1S/C79H136O5/c1-3-5-7-9-11-13-15-17-19-21-23-25-27-29-31-33-35-36-37-38-39-40-41-42-44-45-47-49-51-53-55-57-59-61-63-65-67-69-71-73-78(81)83-76-77(75-80)84-79(82)74-72-70-68-66-64-62-60-58-56-54-52-50-48-46-43-34-32-30-28-26-24-22-20-18-16-14-12-10-8-6-4-2/h6,8,12,14-15,17-18,20-21,23-24,26-27,29-30,32,43,46,50,52,77,80H,3-5,7,9-11,13,16,19,22,25,28,31,33-42,44-45,47-49,51,53-76H2,1-2H3/b8-6-,14-12-,17-15-,20-18-,23-21-,26-24-,29-27-,32-30-,46-43-,52-50-. The van der Waals surface area contributed by atoms with Crippen molar-refractivity contribution in [3.8, 4) is 0 Å². The number of hydrogen-bond acceptors (Lipinski definition) is 5. The SMILES string of the molecule is CC/C=C\C/C=C\C/C=C\C/C=C\C/C=C\C/C=C\C/C=C\CCCCCCCCCCCC(=O)OC(CO)COC(=O)CCCCCCCCCCCCCCCCCCCCCCCCCC/C=C\C/C=C\C/C=C\CCCCCCC. The zero-order valence-electron chi connectivity index (χ0n) is 55.4. The molecule has 0 heterocycles. The van der Waals surface area contributed by atoms with Crippen LogP contribution in [0.1, 0.15) is 348 Å². The molecule has 0 bridgehead atoms. The Hall–Kier alpha value is -3.70. The van der Waals surface area contributed by atoms with E-state index in [0.29, 0.717) is 12.8 Å². The summed E-state index contributed by atoms with van der Waals surface area (Å²) < 4.78 is 10.8. The molecule has 84 heavy (non-hydrogen) atoms. The quantitative estimate of drug-likeness (QED) is 0.0373. The molecule has 0 aliphatic rings. The summed E-state index contributed by atoms with van der Waals surface area (Å²) >= 11 is 0. The van der Waals surface area contributed by atoms with Gasteiger partial charge in [-0.05, 0) is 109 Å². The van der Waals surface area contributed by atoms with E-state index in [2.05, 4.69) is 135 Å². The highest BCUT2D eigenvalue weighted by Crippen LogP contribution is 2.18. The van der Waals surface area contributed by atoms with Crippen molar-refractivity contribution in [2.24, 2.45) is 0 Å².